The zero-order chi connectivity index (χ0) is 14.7. The smallest absolute Gasteiger partial charge is 0.335 e. The Bertz CT molecular complexity index is 483. The first-order chi connectivity index (χ1) is 10.2. The van der Waals surface area contributed by atoms with E-state index in [2.05, 4.69) is 4.90 Å². The molecule has 3 rings (SSSR count). The van der Waals surface area contributed by atoms with Crippen molar-refractivity contribution in [1.29, 1.82) is 0 Å². The van der Waals surface area contributed by atoms with Gasteiger partial charge >= 0.3 is 5.97 Å². The van der Waals surface area contributed by atoms with E-state index in [1.54, 1.807) is 12.1 Å². The number of carboxylic acid groups (broad SMARTS) is 1. The summed E-state index contributed by atoms with van der Waals surface area (Å²) in [6, 6.07) is 7.28. The van der Waals surface area contributed by atoms with Gasteiger partial charge in [0, 0.05) is 18.6 Å². The predicted molar refractivity (Wildman–Crippen MR) is 80.4 cm³/mol. The molecule has 1 heterocycles. The maximum absolute atomic E-state index is 10.9. The largest absolute Gasteiger partial charge is 0.478 e. The Morgan fingerprint density at radius 2 is 1.90 bits per heavy atom. The van der Waals surface area contributed by atoms with Gasteiger partial charge in [0.15, 0.2) is 0 Å². The first-order valence-electron chi connectivity index (χ1n) is 7.85. The van der Waals surface area contributed by atoms with Gasteiger partial charge in [0.1, 0.15) is 0 Å². The van der Waals surface area contributed by atoms with Crippen LogP contribution in [-0.4, -0.2) is 41.3 Å². The van der Waals surface area contributed by atoms with Gasteiger partial charge in [0.25, 0.3) is 0 Å². The molecule has 21 heavy (non-hydrogen) atoms. The number of carboxylic acids is 1. The summed E-state index contributed by atoms with van der Waals surface area (Å²) in [5, 5.41) is 8.97. The monoisotopic (exact) mass is 289 g/mol. The standard InChI is InChI=1S/C17H23NO3/c19-16(20)15-6-4-14(5-7-15)12-18-10-11-21-13-17(18)8-2-1-3-9-17/h4-7H,1-3,8-13H2,(H,19,20). The van der Waals surface area contributed by atoms with E-state index in [9.17, 15) is 4.79 Å². The molecule has 0 unspecified atom stereocenters. The normalized spacial score (nSPS) is 22.3. The minimum atomic E-state index is -0.864. The van der Waals surface area contributed by atoms with Crippen molar-refractivity contribution >= 4 is 5.97 Å². The average Bonchev–Trinajstić information content (AvgIpc) is 2.51. The molecule has 4 heteroatoms. The van der Waals surface area contributed by atoms with Crippen molar-refractivity contribution in [1.82, 2.24) is 4.90 Å². The summed E-state index contributed by atoms with van der Waals surface area (Å²) >= 11 is 0. The minimum Gasteiger partial charge on any atom is -0.478 e. The maximum Gasteiger partial charge on any atom is 0.335 e. The van der Waals surface area contributed by atoms with Crippen LogP contribution in [0, 0.1) is 0 Å². The number of hydrogen-bond acceptors (Lipinski definition) is 3. The zero-order valence-corrected chi connectivity index (χ0v) is 12.4. The molecule has 2 fully saturated rings. The van der Waals surface area contributed by atoms with Crippen LogP contribution in [0.2, 0.25) is 0 Å². The van der Waals surface area contributed by atoms with Gasteiger partial charge in [-0.3, -0.25) is 4.90 Å². The Labute approximate surface area is 125 Å². The molecule has 2 aliphatic rings. The molecule has 1 aromatic rings. The van der Waals surface area contributed by atoms with E-state index in [0.29, 0.717) is 5.56 Å². The van der Waals surface area contributed by atoms with E-state index in [4.69, 9.17) is 9.84 Å². The van der Waals surface area contributed by atoms with Crippen LogP contribution in [-0.2, 0) is 11.3 Å². The topological polar surface area (TPSA) is 49.8 Å². The fourth-order valence-corrected chi connectivity index (χ4v) is 3.66. The summed E-state index contributed by atoms with van der Waals surface area (Å²) < 4.78 is 5.76. The second kappa shape index (κ2) is 6.16. The molecule has 1 saturated heterocycles. The lowest BCUT2D eigenvalue weighted by atomic mass is 9.80. The average molecular weight is 289 g/mol. The summed E-state index contributed by atoms with van der Waals surface area (Å²) in [5.41, 5.74) is 1.75. The highest BCUT2D eigenvalue weighted by molar-refractivity contribution is 5.87. The molecule has 0 amide bonds. The van der Waals surface area contributed by atoms with Crippen molar-refractivity contribution < 1.29 is 14.6 Å². The molecule has 1 aliphatic carbocycles. The third kappa shape index (κ3) is 3.11. The van der Waals surface area contributed by atoms with Crippen LogP contribution < -0.4 is 0 Å². The van der Waals surface area contributed by atoms with Gasteiger partial charge in [-0.1, -0.05) is 31.4 Å². The van der Waals surface area contributed by atoms with Gasteiger partial charge in [0.05, 0.1) is 18.8 Å². The highest BCUT2D eigenvalue weighted by atomic mass is 16.5. The van der Waals surface area contributed by atoms with Gasteiger partial charge in [-0.25, -0.2) is 4.79 Å². The molecule has 1 spiro atoms. The molecule has 1 aromatic carbocycles. The van der Waals surface area contributed by atoms with Gasteiger partial charge in [-0.2, -0.15) is 0 Å². The van der Waals surface area contributed by atoms with E-state index in [1.807, 2.05) is 12.1 Å². The van der Waals surface area contributed by atoms with Crippen molar-refractivity contribution in [2.75, 3.05) is 19.8 Å². The van der Waals surface area contributed by atoms with Crippen molar-refractivity contribution in [2.45, 2.75) is 44.2 Å². The number of nitrogens with zero attached hydrogens (tertiary/aromatic N) is 1. The number of benzene rings is 1. The number of hydrogen-bond donors (Lipinski definition) is 1. The molecule has 0 bridgehead atoms. The molecule has 114 valence electrons. The van der Waals surface area contributed by atoms with Gasteiger partial charge in [-0.05, 0) is 30.5 Å². The quantitative estimate of drug-likeness (QED) is 0.929. The van der Waals surface area contributed by atoms with Crippen LogP contribution >= 0.6 is 0 Å². The van der Waals surface area contributed by atoms with Crippen LogP contribution in [0.3, 0.4) is 0 Å². The lowest BCUT2D eigenvalue weighted by molar-refractivity contribution is -0.0897. The maximum atomic E-state index is 10.9. The number of morpholine rings is 1. The number of ether oxygens (including phenoxy) is 1. The molecular weight excluding hydrogens is 266 g/mol. The number of aromatic carboxylic acids is 1. The van der Waals surface area contributed by atoms with Crippen molar-refractivity contribution in [3.05, 3.63) is 35.4 Å². The Balaban J connectivity index is 1.73. The third-order valence-electron chi connectivity index (χ3n) is 4.91. The van der Waals surface area contributed by atoms with E-state index in [0.717, 1.165) is 26.3 Å². The molecule has 4 nitrogen and oxygen atoms in total. The van der Waals surface area contributed by atoms with Crippen molar-refractivity contribution in [3.63, 3.8) is 0 Å². The summed E-state index contributed by atoms with van der Waals surface area (Å²) in [4.78, 5) is 13.5. The number of carbonyl (C=O) groups is 1. The van der Waals surface area contributed by atoms with E-state index >= 15 is 0 Å². The van der Waals surface area contributed by atoms with Gasteiger partial charge < -0.3 is 9.84 Å². The minimum absolute atomic E-state index is 0.210. The van der Waals surface area contributed by atoms with Crippen LogP contribution in [0.5, 0.6) is 0 Å². The second-order valence-electron chi connectivity index (χ2n) is 6.26. The van der Waals surface area contributed by atoms with Crippen LogP contribution in [0.15, 0.2) is 24.3 Å². The Kier molecular flexibility index (Phi) is 4.27. The molecule has 0 atom stereocenters. The SMILES string of the molecule is O=C(O)c1ccc(CN2CCOCC23CCCCC3)cc1. The summed E-state index contributed by atoms with van der Waals surface area (Å²) in [6.45, 7) is 3.51. The lowest BCUT2D eigenvalue weighted by Gasteiger charge is -2.49. The predicted octanol–water partition coefficient (Wildman–Crippen LogP) is 2.92. The summed E-state index contributed by atoms with van der Waals surface area (Å²) in [6.07, 6.45) is 6.36. The van der Waals surface area contributed by atoms with Gasteiger partial charge in [0.2, 0.25) is 0 Å². The Morgan fingerprint density at radius 3 is 2.57 bits per heavy atom. The van der Waals surface area contributed by atoms with E-state index < -0.39 is 5.97 Å². The number of rotatable bonds is 3. The summed E-state index contributed by atoms with van der Waals surface area (Å²) in [7, 11) is 0. The molecular formula is C17H23NO3. The Morgan fingerprint density at radius 1 is 1.19 bits per heavy atom. The highest BCUT2D eigenvalue weighted by Crippen LogP contribution is 2.36. The Hall–Kier alpha value is -1.39. The van der Waals surface area contributed by atoms with Crippen LogP contribution in [0.1, 0.15) is 48.0 Å². The summed E-state index contributed by atoms with van der Waals surface area (Å²) in [5.74, 6) is -0.864. The first-order valence-corrected chi connectivity index (χ1v) is 7.85. The zero-order valence-electron chi connectivity index (χ0n) is 12.4. The lowest BCUT2D eigenvalue weighted by Crippen LogP contribution is -2.57. The fraction of sp³-hybridized carbons (Fsp3) is 0.588. The molecule has 1 saturated carbocycles. The molecule has 1 aliphatic heterocycles. The van der Waals surface area contributed by atoms with E-state index in [1.165, 1.54) is 37.7 Å². The van der Waals surface area contributed by atoms with Crippen LogP contribution in [0.4, 0.5) is 0 Å². The van der Waals surface area contributed by atoms with Crippen molar-refractivity contribution in [3.8, 4) is 0 Å². The molecule has 0 radical (unpaired) electrons. The molecule has 0 aromatic heterocycles. The fourth-order valence-electron chi connectivity index (χ4n) is 3.66. The van der Waals surface area contributed by atoms with Gasteiger partial charge in [-0.15, -0.1) is 0 Å². The third-order valence-corrected chi connectivity index (χ3v) is 4.91. The van der Waals surface area contributed by atoms with Crippen molar-refractivity contribution in [2.24, 2.45) is 0 Å². The molecule has 1 N–H and O–H groups in total. The second-order valence-corrected chi connectivity index (χ2v) is 6.26. The van der Waals surface area contributed by atoms with E-state index in [-0.39, 0.29) is 5.54 Å². The van der Waals surface area contributed by atoms with Crippen LogP contribution in [0.25, 0.3) is 0 Å². The highest BCUT2D eigenvalue weighted by Gasteiger charge is 2.40. The first kappa shape index (κ1) is 14.5.